The Balaban J connectivity index is 0.00000106. The lowest BCUT2D eigenvalue weighted by atomic mass is 9.96. The second-order valence-electron chi connectivity index (χ2n) is 3.57. The molecule has 0 amide bonds. The predicted molar refractivity (Wildman–Crippen MR) is 62.7 cm³/mol. The second kappa shape index (κ2) is 6.49. The number of rotatable bonds is 2. The molecule has 0 spiro atoms. The average Bonchev–Trinajstić information content (AvgIpc) is 2.20. The second-order valence-corrected chi connectivity index (χ2v) is 5.62. The van der Waals surface area contributed by atoms with E-state index in [1.807, 2.05) is 13.8 Å². The third-order valence-electron chi connectivity index (χ3n) is 2.34. The highest BCUT2D eigenvalue weighted by atomic mass is 32.2. The number of halogens is 3. The van der Waals surface area contributed by atoms with Gasteiger partial charge in [-0.1, -0.05) is 33.1 Å². The van der Waals surface area contributed by atoms with E-state index in [0.717, 1.165) is 19.3 Å². The first kappa shape index (κ1) is 15.8. The quantitative estimate of drug-likeness (QED) is 0.759. The molecular weight excluding hydrogens is 239 g/mol. The van der Waals surface area contributed by atoms with Crippen molar-refractivity contribution in [2.45, 2.75) is 57.5 Å². The summed E-state index contributed by atoms with van der Waals surface area (Å²) in [5, 5.41) is 0. The third kappa shape index (κ3) is 4.74. The van der Waals surface area contributed by atoms with Crippen LogP contribution in [-0.4, -0.2) is 21.6 Å². The number of alkyl halides is 3. The van der Waals surface area contributed by atoms with Crippen LogP contribution < -0.4 is 4.72 Å². The van der Waals surface area contributed by atoms with Gasteiger partial charge in [-0.3, -0.25) is 0 Å². The number of nitrogens with one attached hydrogen (secondary N) is 1. The Bertz CT molecular complexity index is 279. The molecule has 2 nitrogen and oxygen atoms in total. The first-order chi connectivity index (χ1) is 7.33. The predicted octanol–water partition coefficient (Wildman–Crippen LogP) is 3.09. The maximum absolute atomic E-state index is 12.2. The molecule has 1 atom stereocenters. The van der Waals surface area contributed by atoms with E-state index in [9.17, 15) is 17.4 Å². The van der Waals surface area contributed by atoms with Crippen LogP contribution in [0.5, 0.6) is 0 Å². The van der Waals surface area contributed by atoms with E-state index in [4.69, 9.17) is 0 Å². The van der Waals surface area contributed by atoms with Gasteiger partial charge in [0, 0.05) is 6.04 Å². The monoisotopic (exact) mass is 259 g/mol. The minimum absolute atomic E-state index is 0.296. The van der Waals surface area contributed by atoms with Gasteiger partial charge in [0.1, 0.15) is 9.71 Å². The van der Waals surface area contributed by atoms with Crippen LogP contribution in [0.1, 0.15) is 46.0 Å². The standard InChI is InChI=1S/C8H14F3NOS.C2H6/c1-14(13,8(9,10)11)12-7-5-3-2-4-6-7;1-2/h7H,1-6H2,(H,12,13);1-2H3. The minimum atomic E-state index is -4.75. The molecule has 0 aliphatic heterocycles. The van der Waals surface area contributed by atoms with Gasteiger partial charge in [0.2, 0.25) is 0 Å². The summed E-state index contributed by atoms with van der Waals surface area (Å²) in [5.74, 6) is 2.73. The van der Waals surface area contributed by atoms with E-state index in [1.54, 1.807) is 0 Å². The van der Waals surface area contributed by atoms with Crippen LogP contribution in [0.25, 0.3) is 0 Å². The lowest BCUT2D eigenvalue weighted by Crippen LogP contribution is -2.43. The van der Waals surface area contributed by atoms with Crippen LogP contribution in [0.2, 0.25) is 0 Å². The topological polar surface area (TPSA) is 29.1 Å². The minimum Gasteiger partial charge on any atom is -0.244 e. The zero-order valence-corrected chi connectivity index (χ0v) is 10.6. The van der Waals surface area contributed by atoms with Crippen molar-refractivity contribution < 1.29 is 17.4 Å². The van der Waals surface area contributed by atoms with E-state index in [1.165, 1.54) is 0 Å². The van der Waals surface area contributed by atoms with E-state index in [-0.39, 0.29) is 6.04 Å². The van der Waals surface area contributed by atoms with Gasteiger partial charge in [-0.25, -0.2) is 8.93 Å². The molecule has 0 aromatic heterocycles. The van der Waals surface area contributed by atoms with Crippen molar-refractivity contribution in [1.29, 1.82) is 0 Å². The van der Waals surface area contributed by atoms with Gasteiger partial charge in [-0.15, -0.1) is 0 Å². The van der Waals surface area contributed by atoms with Crippen molar-refractivity contribution in [3.8, 4) is 0 Å². The number of hydrogen-bond acceptors (Lipinski definition) is 1. The van der Waals surface area contributed by atoms with Crippen LogP contribution in [-0.2, 0) is 9.71 Å². The van der Waals surface area contributed by atoms with Gasteiger partial charge in [-0.05, 0) is 18.7 Å². The summed E-state index contributed by atoms with van der Waals surface area (Å²) in [6, 6.07) is -0.296. The van der Waals surface area contributed by atoms with Crippen molar-refractivity contribution in [3.05, 3.63) is 0 Å². The van der Waals surface area contributed by atoms with Gasteiger partial charge >= 0.3 is 5.51 Å². The van der Waals surface area contributed by atoms with Crippen LogP contribution in [0.3, 0.4) is 0 Å². The summed E-state index contributed by atoms with van der Waals surface area (Å²) >= 11 is 0. The van der Waals surface area contributed by atoms with Gasteiger partial charge in [-0.2, -0.15) is 13.2 Å². The highest BCUT2D eigenvalue weighted by Crippen LogP contribution is 2.25. The molecule has 0 aromatic rings. The van der Waals surface area contributed by atoms with Crippen LogP contribution in [0, 0.1) is 0 Å². The summed E-state index contributed by atoms with van der Waals surface area (Å²) in [7, 11) is -4.15. The molecule has 0 aromatic carbocycles. The van der Waals surface area contributed by atoms with Gasteiger partial charge in [0.15, 0.2) is 0 Å². The molecule has 6 heteroatoms. The van der Waals surface area contributed by atoms with Crippen LogP contribution in [0.15, 0.2) is 0 Å². The van der Waals surface area contributed by atoms with Crippen LogP contribution >= 0.6 is 0 Å². The van der Waals surface area contributed by atoms with Gasteiger partial charge < -0.3 is 0 Å². The molecule has 1 N–H and O–H groups in total. The molecule has 1 saturated carbocycles. The SMILES string of the molecule is C=S(=O)(NC1CCCCC1)C(F)(F)F.CC. The molecule has 1 aliphatic carbocycles. The fourth-order valence-electron chi connectivity index (χ4n) is 1.56. The van der Waals surface area contributed by atoms with Gasteiger partial charge in [0.05, 0.1) is 0 Å². The maximum Gasteiger partial charge on any atom is 0.476 e. The lowest BCUT2D eigenvalue weighted by Gasteiger charge is -2.25. The molecule has 0 radical (unpaired) electrons. The molecule has 1 aliphatic rings. The zero-order valence-electron chi connectivity index (χ0n) is 9.77. The first-order valence-electron chi connectivity index (χ1n) is 5.54. The summed E-state index contributed by atoms with van der Waals surface area (Å²) in [6.45, 7) is 4.00. The molecule has 1 rings (SSSR count). The fraction of sp³-hybridized carbons (Fsp3) is 0.900. The molecule has 0 heterocycles. The largest absolute Gasteiger partial charge is 0.476 e. The highest BCUT2D eigenvalue weighted by molar-refractivity contribution is 7.99. The Labute approximate surface area is 95.8 Å². The summed E-state index contributed by atoms with van der Waals surface area (Å²) in [5.41, 5.74) is -4.75. The molecule has 16 heavy (non-hydrogen) atoms. The number of hydrogen-bond donors (Lipinski definition) is 1. The Hall–Kier alpha value is -0.230. The third-order valence-corrected chi connectivity index (χ3v) is 3.80. The van der Waals surface area contributed by atoms with Crippen molar-refractivity contribution >= 4 is 15.6 Å². The normalized spacial score (nSPS) is 21.8. The molecule has 1 unspecified atom stereocenters. The van der Waals surface area contributed by atoms with Crippen molar-refractivity contribution in [3.63, 3.8) is 0 Å². The molecule has 0 saturated heterocycles. The van der Waals surface area contributed by atoms with Gasteiger partial charge in [0.25, 0.3) is 0 Å². The van der Waals surface area contributed by atoms with E-state index in [2.05, 4.69) is 10.6 Å². The Morgan fingerprint density at radius 3 is 2.00 bits per heavy atom. The fourth-order valence-corrected chi connectivity index (χ4v) is 2.46. The maximum atomic E-state index is 12.2. The summed E-state index contributed by atoms with van der Waals surface area (Å²) in [4.78, 5) is 0. The molecular formula is C10H20F3NOS. The zero-order chi connectivity index (χ0) is 12.8. The van der Waals surface area contributed by atoms with E-state index < -0.39 is 15.2 Å². The van der Waals surface area contributed by atoms with E-state index in [0.29, 0.717) is 12.8 Å². The molecule has 0 bridgehead atoms. The first-order valence-corrected chi connectivity index (χ1v) is 7.26. The van der Waals surface area contributed by atoms with Crippen LogP contribution in [0.4, 0.5) is 13.2 Å². The van der Waals surface area contributed by atoms with Crippen molar-refractivity contribution in [2.24, 2.45) is 0 Å². The molecule has 1 fully saturated rings. The van der Waals surface area contributed by atoms with E-state index >= 15 is 0 Å². The Morgan fingerprint density at radius 2 is 1.62 bits per heavy atom. The van der Waals surface area contributed by atoms with Crippen molar-refractivity contribution in [2.75, 3.05) is 0 Å². The van der Waals surface area contributed by atoms with Crippen molar-refractivity contribution in [1.82, 2.24) is 4.72 Å². The Kier molecular flexibility index (Phi) is 6.40. The highest BCUT2D eigenvalue weighted by Gasteiger charge is 2.40. The summed E-state index contributed by atoms with van der Waals surface area (Å²) < 4.78 is 49.8. The summed E-state index contributed by atoms with van der Waals surface area (Å²) in [6.07, 6.45) is 4.14. The average molecular weight is 259 g/mol. The Morgan fingerprint density at radius 1 is 1.19 bits per heavy atom. The lowest BCUT2D eigenvalue weighted by molar-refractivity contribution is -0.0406. The smallest absolute Gasteiger partial charge is 0.244 e. The molecule has 98 valence electrons.